The summed E-state index contributed by atoms with van der Waals surface area (Å²) in [5.74, 6) is -5.18. The van der Waals surface area contributed by atoms with Crippen LogP contribution in [0.5, 0.6) is 5.75 Å². The lowest BCUT2D eigenvalue weighted by atomic mass is 9.75. The second-order valence-electron chi connectivity index (χ2n) is 17.6. The number of urea groups is 1. The van der Waals surface area contributed by atoms with Gasteiger partial charge in [-0.15, -0.1) is 0 Å². The lowest BCUT2D eigenvalue weighted by Crippen LogP contribution is -2.51. The Kier molecular flexibility index (Phi) is 24.3. The van der Waals surface area contributed by atoms with E-state index in [0.717, 1.165) is 22.3 Å². The topological polar surface area (TPSA) is 344 Å². The number of ether oxygens (including phenoxy) is 1. The quantitative estimate of drug-likeness (QED) is 0.0482. The highest BCUT2D eigenvalue weighted by Crippen LogP contribution is 2.38. The number of benzene rings is 2. The molecule has 0 aromatic heterocycles. The van der Waals surface area contributed by atoms with Crippen LogP contribution in [0.2, 0.25) is 0 Å². The first-order valence-corrected chi connectivity index (χ1v) is 23.7. The van der Waals surface area contributed by atoms with Crippen LogP contribution in [0.4, 0.5) is 4.79 Å². The fourth-order valence-electron chi connectivity index (χ4n) is 8.34. The molecule has 4 amide bonds. The number of aliphatic carboxylic acids is 4. The predicted molar refractivity (Wildman–Crippen MR) is 252 cm³/mol. The number of carbonyl (C=O) groups is 9. The Balaban J connectivity index is 1.46. The van der Waals surface area contributed by atoms with Gasteiger partial charge in [-0.3, -0.25) is 28.8 Å². The molecule has 1 aliphatic carbocycles. The van der Waals surface area contributed by atoms with Gasteiger partial charge in [-0.2, -0.15) is 0 Å². The first-order chi connectivity index (χ1) is 32.9. The van der Waals surface area contributed by atoms with Crippen LogP contribution in [0.1, 0.15) is 137 Å². The van der Waals surface area contributed by atoms with Crippen LogP contribution in [0, 0.1) is 5.92 Å². The molecule has 2 aromatic carbocycles. The average molecular weight is 967 g/mol. The van der Waals surface area contributed by atoms with Crippen LogP contribution in [-0.4, -0.2) is 104 Å². The minimum atomic E-state index is -1.51. The minimum Gasteiger partial charge on any atom is -0.486 e. The minimum absolute atomic E-state index is 0.0125. The van der Waals surface area contributed by atoms with Crippen molar-refractivity contribution in [3.8, 4) is 5.75 Å². The molecule has 0 aliphatic heterocycles. The molecule has 1 saturated carbocycles. The molecule has 0 heterocycles. The van der Waals surface area contributed by atoms with E-state index in [1.54, 1.807) is 12.1 Å². The Morgan fingerprint density at radius 3 is 1.87 bits per heavy atom. The maximum absolute atomic E-state index is 13.4. The molecule has 3 rings (SSSR count). The fourth-order valence-corrected chi connectivity index (χ4v) is 8.34. The van der Waals surface area contributed by atoms with Gasteiger partial charge in [0.25, 0.3) is 0 Å². The van der Waals surface area contributed by atoms with E-state index in [4.69, 9.17) is 21.3 Å². The number of nitrogens with one attached hydrogen (secondary N) is 4. The molecule has 380 valence electrons. The van der Waals surface area contributed by atoms with Gasteiger partial charge < -0.3 is 57.9 Å². The summed E-state index contributed by atoms with van der Waals surface area (Å²) >= 11 is 0. The molecule has 20 heteroatoms. The number of carboxylic acids is 4. The largest absolute Gasteiger partial charge is 0.486 e. The van der Waals surface area contributed by atoms with Crippen LogP contribution in [0.15, 0.2) is 36.4 Å². The summed E-state index contributed by atoms with van der Waals surface area (Å²) in [5.41, 5.74) is 15.4. The monoisotopic (exact) mass is 966 g/mol. The Morgan fingerprint density at radius 1 is 0.681 bits per heavy atom. The normalized spacial score (nSPS) is 16.8. The third-order valence-corrected chi connectivity index (χ3v) is 12.2. The molecule has 1 aliphatic rings. The number of Topliss-reactive ketones (excluding diaryl/α,β-unsaturated/α-hetero) is 2. The number of amides is 4. The van der Waals surface area contributed by atoms with Crippen LogP contribution in [0.3, 0.4) is 0 Å². The number of carbonyl (C=O) groups excluding carboxylic acids is 5. The van der Waals surface area contributed by atoms with Gasteiger partial charge in [-0.1, -0.05) is 43.7 Å². The molecular weight excluding hydrogens is 897 g/mol. The molecular formula is C49H70N6O14. The number of unbranched alkanes of at least 4 members (excludes halogenated alkanes) is 3. The van der Waals surface area contributed by atoms with Gasteiger partial charge in [0.05, 0.1) is 0 Å². The smallest absolute Gasteiger partial charge is 0.326 e. The van der Waals surface area contributed by atoms with E-state index in [1.807, 2.05) is 31.2 Å². The van der Waals surface area contributed by atoms with Gasteiger partial charge in [0.2, 0.25) is 11.8 Å². The van der Waals surface area contributed by atoms with E-state index in [2.05, 4.69) is 21.3 Å². The highest BCUT2D eigenvalue weighted by molar-refractivity contribution is 5.89. The number of ketones is 2. The first kappa shape index (κ1) is 56.9. The first-order valence-electron chi connectivity index (χ1n) is 23.7. The number of aryl methyl sites for hydroxylation is 2. The summed E-state index contributed by atoms with van der Waals surface area (Å²) in [6.45, 7) is 2.96. The van der Waals surface area contributed by atoms with Crippen LogP contribution in [0.25, 0.3) is 0 Å². The van der Waals surface area contributed by atoms with Crippen LogP contribution < -0.4 is 37.5 Å². The lowest BCUT2D eigenvalue weighted by molar-refractivity contribution is -0.141. The lowest BCUT2D eigenvalue weighted by Gasteiger charge is -2.39. The van der Waals surface area contributed by atoms with Gasteiger partial charge in [0, 0.05) is 89.0 Å². The summed E-state index contributed by atoms with van der Waals surface area (Å²) < 4.78 is 6.85. The van der Waals surface area contributed by atoms with Crippen molar-refractivity contribution in [3.63, 3.8) is 0 Å². The molecule has 0 spiro atoms. The van der Waals surface area contributed by atoms with Crippen LogP contribution >= 0.6 is 0 Å². The maximum Gasteiger partial charge on any atom is 0.326 e. The summed E-state index contributed by atoms with van der Waals surface area (Å²) in [6.07, 6.45) is 4.62. The SMILES string of the molecule is CC[C@@H]1C[C@](Cc2ccc(CCC(=O)NCCCCCC(=O)NCCCC[C@H](NC(=O)N[C@@H](CCC(=O)O)C(=O)O)C(=O)O)cc2CN)(Oc2ccc(CCC(=O)O)cc2CN)CC(=O)CCC1=O. The highest BCUT2D eigenvalue weighted by atomic mass is 16.5. The molecule has 0 bridgehead atoms. The van der Waals surface area contributed by atoms with E-state index in [1.165, 1.54) is 0 Å². The molecule has 20 nitrogen and oxygen atoms in total. The predicted octanol–water partition coefficient (Wildman–Crippen LogP) is 3.69. The van der Waals surface area contributed by atoms with Crippen molar-refractivity contribution in [2.45, 2.75) is 160 Å². The summed E-state index contributed by atoms with van der Waals surface area (Å²) in [7, 11) is 0. The van der Waals surface area contributed by atoms with Gasteiger partial charge in [0.15, 0.2) is 0 Å². The Hall–Kier alpha value is -6.41. The van der Waals surface area contributed by atoms with Gasteiger partial charge in [-0.25, -0.2) is 14.4 Å². The standard InChI is InChI=1S/C49H70N6O14/c1-2-33-26-49(28-37(56)15-17-40(33)57,69-41-18-11-32(13-20-44(60)61)25-36(41)30-51)27-34-14-10-31(24-35(34)29-50)12-19-43(59)53-22-6-3-4-9-42(58)52-23-7-5-8-38(46(64)65)54-48(68)55-39(47(66)67)16-21-45(62)63/h10-11,14,18,24-25,33,38-39H,2-9,12-13,15-17,19-23,26-30,50-51H2,1H3,(H,52,58)(H,53,59)(H,60,61)(H,62,63)(H,64,65)(H,66,67)(H2,54,55,68)/t33-,38+,39+,49-/m1/s1. The molecule has 1 fully saturated rings. The second-order valence-corrected chi connectivity index (χ2v) is 17.6. The molecule has 4 atom stereocenters. The van der Waals surface area contributed by atoms with E-state index >= 15 is 0 Å². The zero-order valence-electron chi connectivity index (χ0n) is 39.5. The third-order valence-electron chi connectivity index (χ3n) is 12.2. The van der Waals surface area contributed by atoms with Crippen molar-refractivity contribution >= 4 is 53.3 Å². The summed E-state index contributed by atoms with van der Waals surface area (Å²) in [6, 6.07) is 7.32. The molecule has 0 unspecified atom stereocenters. The fraction of sp³-hybridized carbons (Fsp3) is 0.571. The Labute approximate surface area is 402 Å². The maximum atomic E-state index is 13.4. The van der Waals surface area contributed by atoms with Crippen molar-refractivity contribution in [2.24, 2.45) is 17.4 Å². The molecule has 0 saturated heterocycles. The van der Waals surface area contributed by atoms with Gasteiger partial charge in [-0.05, 0) is 92.5 Å². The molecule has 0 radical (unpaired) electrons. The Bertz CT molecular complexity index is 2110. The summed E-state index contributed by atoms with van der Waals surface area (Å²) in [5, 5.41) is 46.6. The summed E-state index contributed by atoms with van der Waals surface area (Å²) in [4.78, 5) is 109. The van der Waals surface area contributed by atoms with Gasteiger partial charge in [0.1, 0.15) is 35.0 Å². The van der Waals surface area contributed by atoms with E-state index in [0.29, 0.717) is 82.1 Å². The van der Waals surface area contributed by atoms with E-state index < -0.39 is 54.0 Å². The number of hydrogen-bond donors (Lipinski definition) is 10. The highest BCUT2D eigenvalue weighted by Gasteiger charge is 2.42. The zero-order chi connectivity index (χ0) is 50.9. The molecule has 2 aromatic rings. The Morgan fingerprint density at radius 2 is 1.26 bits per heavy atom. The third kappa shape index (κ3) is 20.8. The number of carboxylic acid groups (broad SMARTS) is 4. The van der Waals surface area contributed by atoms with E-state index in [9.17, 15) is 58.5 Å². The van der Waals surface area contributed by atoms with Crippen LogP contribution in [-0.2, 0) is 70.7 Å². The van der Waals surface area contributed by atoms with E-state index in [-0.39, 0.29) is 100 Å². The molecule has 12 N–H and O–H groups in total. The van der Waals surface area contributed by atoms with Crippen molar-refractivity contribution in [1.29, 1.82) is 0 Å². The van der Waals surface area contributed by atoms with Crippen molar-refractivity contribution in [3.05, 3.63) is 64.2 Å². The van der Waals surface area contributed by atoms with Crippen molar-refractivity contribution in [2.75, 3.05) is 13.1 Å². The zero-order valence-corrected chi connectivity index (χ0v) is 39.5. The number of rotatable bonds is 31. The second kappa shape index (κ2) is 29.5. The number of hydrogen-bond acceptors (Lipinski definition) is 12. The number of nitrogens with two attached hydrogens (primary N) is 2. The van der Waals surface area contributed by atoms with Gasteiger partial charge >= 0.3 is 29.9 Å². The molecule has 69 heavy (non-hydrogen) atoms. The van der Waals surface area contributed by atoms with Crippen molar-refractivity contribution in [1.82, 2.24) is 21.3 Å². The average Bonchev–Trinajstić information content (AvgIpc) is 3.30. The van der Waals surface area contributed by atoms with Crippen molar-refractivity contribution < 1.29 is 68.3 Å².